The van der Waals surface area contributed by atoms with E-state index in [1.54, 1.807) is 0 Å². The number of hydrogen-bond acceptors (Lipinski definition) is 3. The smallest absolute Gasteiger partial charge is 0.267 e. The molecule has 0 radical (unpaired) electrons. The Kier molecular flexibility index (Phi) is 14.2. The summed E-state index contributed by atoms with van der Waals surface area (Å²) in [6, 6.07) is 0. The second-order valence-electron chi connectivity index (χ2n) is 6.89. The van der Waals surface area contributed by atoms with Crippen molar-refractivity contribution in [3.63, 3.8) is 0 Å². The molecule has 0 bridgehead atoms. The molecule has 2 unspecified atom stereocenters. The lowest BCUT2D eigenvalue weighted by Crippen LogP contribution is -2.20. The summed E-state index contributed by atoms with van der Waals surface area (Å²) < 4.78 is 32.2. The molecule has 0 aromatic heterocycles. The Morgan fingerprint density at radius 3 is 1.52 bits per heavy atom. The quantitative estimate of drug-likeness (QED) is 0.300. The highest BCUT2D eigenvalue weighted by Gasteiger charge is 2.21. The Bertz CT molecular complexity index is 352. The Labute approximate surface area is 143 Å². The van der Waals surface area contributed by atoms with E-state index in [1.165, 1.54) is 12.8 Å². The van der Waals surface area contributed by atoms with E-state index in [0.29, 0.717) is 12.8 Å². The van der Waals surface area contributed by atoms with Crippen LogP contribution >= 0.6 is 0 Å². The van der Waals surface area contributed by atoms with Crippen molar-refractivity contribution in [2.75, 3.05) is 0 Å². The Morgan fingerprint density at radius 1 is 0.739 bits per heavy atom. The van der Waals surface area contributed by atoms with E-state index in [-0.39, 0.29) is 6.10 Å². The van der Waals surface area contributed by atoms with E-state index in [0.717, 1.165) is 64.2 Å². The molecule has 0 aromatic carbocycles. The van der Waals surface area contributed by atoms with Gasteiger partial charge >= 0.3 is 0 Å². The molecule has 0 aliphatic rings. The number of rotatable bonds is 16. The molecular formula is C18H38O4S. The first-order chi connectivity index (χ1) is 10.9. The second-order valence-corrected chi connectivity index (χ2v) is 8.58. The summed E-state index contributed by atoms with van der Waals surface area (Å²) in [5, 5.41) is 8.60. The summed E-state index contributed by atoms with van der Waals surface area (Å²) in [5.41, 5.74) is 0. The highest BCUT2D eigenvalue weighted by Crippen LogP contribution is 2.19. The summed E-state index contributed by atoms with van der Waals surface area (Å²) in [5.74, 6) is 0. The lowest BCUT2D eigenvalue weighted by atomic mass is 10.0. The lowest BCUT2D eigenvalue weighted by Gasteiger charge is -2.13. The maximum atomic E-state index is 11.4. The average Bonchev–Trinajstić information content (AvgIpc) is 2.46. The van der Waals surface area contributed by atoms with E-state index in [2.05, 4.69) is 6.92 Å². The first kappa shape index (κ1) is 22.9. The zero-order valence-electron chi connectivity index (χ0n) is 15.2. The zero-order valence-corrected chi connectivity index (χ0v) is 16.0. The van der Waals surface area contributed by atoms with Crippen LogP contribution in [0, 0.1) is 0 Å². The molecule has 5 heteroatoms. The van der Waals surface area contributed by atoms with Gasteiger partial charge in [-0.25, -0.2) is 0 Å². The molecule has 0 saturated carbocycles. The van der Waals surface area contributed by atoms with Crippen LogP contribution < -0.4 is 0 Å². The highest BCUT2D eigenvalue weighted by molar-refractivity contribution is 7.86. The molecule has 0 amide bonds. The van der Waals surface area contributed by atoms with Crippen molar-refractivity contribution in [3.05, 3.63) is 0 Å². The Morgan fingerprint density at radius 2 is 1.13 bits per heavy atom. The summed E-state index contributed by atoms with van der Waals surface area (Å²) >= 11 is 0. The zero-order chi connectivity index (χ0) is 17.6. The van der Waals surface area contributed by atoms with Gasteiger partial charge in [0.15, 0.2) is 0 Å². The van der Waals surface area contributed by atoms with Gasteiger partial charge in [0, 0.05) is 0 Å². The van der Waals surface area contributed by atoms with Crippen LogP contribution in [0.4, 0.5) is 0 Å². The third-order valence-electron chi connectivity index (χ3n) is 4.45. The summed E-state index contributed by atoms with van der Waals surface area (Å²) in [4.78, 5) is 0. The number of unbranched alkanes of at least 4 members (excludes halogenated alkanes) is 9. The van der Waals surface area contributed by atoms with Crippen molar-refractivity contribution in [2.24, 2.45) is 0 Å². The molecule has 4 nitrogen and oxygen atoms in total. The molecule has 0 aromatic rings. The van der Waals surface area contributed by atoms with Gasteiger partial charge in [-0.3, -0.25) is 4.55 Å². The van der Waals surface area contributed by atoms with Crippen LogP contribution in [0.25, 0.3) is 0 Å². The van der Waals surface area contributed by atoms with Gasteiger partial charge in [0.1, 0.15) is 0 Å². The highest BCUT2D eigenvalue weighted by atomic mass is 32.2. The van der Waals surface area contributed by atoms with E-state index in [1.807, 2.05) is 6.92 Å². The van der Waals surface area contributed by atoms with Crippen LogP contribution in [0.5, 0.6) is 0 Å². The Hall–Kier alpha value is -0.130. The molecule has 0 aliphatic heterocycles. The molecule has 0 heterocycles. The van der Waals surface area contributed by atoms with Gasteiger partial charge in [0.2, 0.25) is 0 Å². The average molecular weight is 351 g/mol. The number of aliphatic hydroxyl groups is 1. The first-order valence-electron chi connectivity index (χ1n) is 9.52. The molecule has 0 saturated heterocycles. The van der Waals surface area contributed by atoms with Crippen LogP contribution in [-0.4, -0.2) is 29.4 Å². The predicted molar refractivity (Wildman–Crippen MR) is 97.3 cm³/mol. The standard InChI is InChI=1S/C18H38O4S/c1-3-4-5-12-15-18(23(20,21)22)16-13-10-8-6-7-9-11-14-17(2)19/h17-19H,3-16H2,1-2H3,(H,20,21,22). The maximum absolute atomic E-state index is 11.4. The minimum Gasteiger partial charge on any atom is -0.393 e. The van der Waals surface area contributed by atoms with Crippen molar-refractivity contribution in [1.29, 1.82) is 0 Å². The second kappa shape index (κ2) is 14.2. The normalized spacial score (nSPS) is 14.8. The minimum absolute atomic E-state index is 0.190. The van der Waals surface area contributed by atoms with Gasteiger partial charge in [-0.05, 0) is 26.2 Å². The lowest BCUT2D eigenvalue weighted by molar-refractivity contribution is 0.180. The van der Waals surface area contributed by atoms with Gasteiger partial charge in [-0.15, -0.1) is 0 Å². The fourth-order valence-corrected chi connectivity index (χ4v) is 3.87. The van der Waals surface area contributed by atoms with Crippen molar-refractivity contribution in [2.45, 2.75) is 115 Å². The molecule has 2 N–H and O–H groups in total. The van der Waals surface area contributed by atoms with Crippen LogP contribution in [0.3, 0.4) is 0 Å². The Balaban J connectivity index is 3.67. The van der Waals surface area contributed by atoms with Gasteiger partial charge in [0.25, 0.3) is 10.1 Å². The van der Waals surface area contributed by atoms with Gasteiger partial charge in [-0.2, -0.15) is 8.42 Å². The molecule has 23 heavy (non-hydrogen) atoms. The molecule has 0 aliphatic carbocycles. The van der Waals surface area contributed by atoms with Crippen molar-refractivity contribution >= 4 is 10.1 Å². The van der Waals surface area contributed by atoms with E-state index < -0.39 is 15.4 Å². The summed E-state index contributed by atoms with van der Waals surface area (Å²) in [6.45, 7) is 3.96. The molecule has 0 rings (SSSR count). The van der Waals surface area contributed by atoms with E-state index in [9.17, 15) is 13.0 Å². The van der Waals surface area contributed by atoms with Crippen molar-refractivity contribution in [3.8, 4) is 0 Å². The molecule has 0 spiro atoms. The van der Waals surface area contributed by atoms with Gasteiger partial charge in [0.05, 0.1) is 11.4 Å². The third-order valence-corrected chi connectivity index (χ3v) is 5.76. The van der Waals surface area contributed by atoms with Crippen molar-refractivity contribution < 1.29 is 18.1 Å². The van der Waals surface area contributed by atoms with E-state index in [4.69, 9.17) is 5.11 Å². The summed E-state index contributed by atoms with van der Waals surface area (Å²) in [7, 11) is -3.89. The van der Waals surface area contributed by atoms with Crippen LogP contribution in [-0.2, 0) is 10.1 Å². The number of aliphatic hydroxyl groups excluding tert-OH is 1. The predicted octanol–water partition coefficient (Wildman–Crippen LogP) is 5.10. The van der Waals surface area contributed by atoms with Crippen LogP contribution in [0.15, 0.2) is 0 Å². The third kappa shape index (κ3) is 15.2. The van der Waals surface area contributed by atoms with Crippen molar-refractivity contribution in [1.82, 2.24) is 0 Å². The van der Waals surface area contributed by atoms with Crippen LogP contribution in [0.2, 0.25) is 0 Å². The SMILES string of the molecule is CCCCCCC(CCCCCCCCCC(C)O)S(=O)(=O)O. The van der Waals surface area contributed by atoms with Crippen LogP contribution in [0.1, 0.15) is 104 Å². The fraction of sp³-hybridized carbons (Fsp3) is 1.00. The summed E-state index contributed by atoms with van der Waals surface area (Å²) in [6.07, 6.45) is 13.7. The molecule has 2 atom stereocenters. The monoisotopic (exact) mass is 350 g/mol. The molecule has 140 valence electrons. The maximum Gasteiger partial charge on any atom is 0.267 e. The minimum atomic E-state index is -3.89. The molecular weight excluding hydrogens is 312 g/mol. The van der Waals surface area contributed by atoms with E-state index >= 15 is 0 Å². The topological polar surface area (TPSA) is 74.6 Å². The fourth-order valence-electron chi connectivity index (χ4n) is 2.94. The number of hydrogen-bond donors (Lipinski definition) is 2. The van der Waals surface area contributed by atoms with Gasteiger partial charge < -0.3 is 5.11 Å². The molecule has 0 fully saturated rings. The first-order valence-corrected chi connectivity index (χ1v) is 11.0. The van der Waals surface area contributed by atoms with Gasteiger partial charge in [-0.1, -0.05) is 77.6 Å². The largest absolute Gasteiger partial charge is 0.393 e.